The lowest BCUT2D eigenvalue weighted by Crippen LogP contribution is -2.26. The Labute approximate surface area is 115 Å². The first kappa shape index (κ1) is 13.2. The van der Waals surface area contributed by atoms with E-state index in [1.807, 2.05) is 12.1 Å². The van der Waals surface area contributed by atoms with Gasteiger partial charge in [0.2, 0.25) is 0 Å². The third-order valence-electron chi connectivity index (χ3n) is 2.99. The van der Waals surface area contributed by atoms with Crippen molar-refractivity contribution in [1.82, 2.24) is 5.32 Å². The number of phenols is 1. The van der Waals surface area contributed by atoms with Crippen molar-refractivity contribution in [2.45, 2.75) is 31.1 Å². The third-order valence-corrected chi connectivity index (χ3v) is 5.02. The van der Waals surface area contributed by atoms with Gasteiger partial charge in [-0.1, -0.05) is 12.5 Å². The molecule has 0 spiro atoms. The van der Waals surface area contributed by atoms with Crippen molar-refractivity contribution >= 4 is 27.7 Å². The number of hydrogen-bond donors (Lipinski definition) is 2. The molecule has 94 valence electrons. The molecule has 1 aliphatic heterocycles. The molecular formula is C13H18BrNOS. The molecule has 2 rings (SSSR count). The maximum Gasteiger partial charge on any atom is 0.129 e. The summed E-state index contributed by atoms with van der Waals surface area (Å²) in [4.78, 5) is 0. The zero-order valence-electron chi connectivity index (χ0n) is 9.79. The molecule has 0 radical (unpaired) electrons. The quantitative estimate of drug-likeness (QED) is 0.891. The molecule has 1 fully saturated rings. The van der Waals surface area contributed by atoms with E-state index < -0.39 is 0 Å². The van der Waals surface area contributed by atoms with Gasteiger partial charge >= 0.3 is 0 Å². The van der Waals surface area contributed by atoms with Crippen LogP contribution in [0.5, 0.6) is 5.75 Å². The number of halogens is 1. The lowest BCUT2D eigenvalue weighted by atomic mass is 10.2. The van der Waals surface area contributed by atoms with Gasteiger partial charge in [0.25, 0.3) is 0 Å². The molecule has 1 aromatic carbocycles. The summed E-state index contributed by atoms with van der Waals surface area (Å²) in [6.45, 7) is 1.96. The summed E-state index contributed by atoms with van der Waals surface area (Å²) in [6, 6.07) is 5.66. The van der Waals surface area contributed by atoms with E-state index in [1.54, 1.807) is 6.07 Å². The van der Waals surface area contributed by atoms with Gasteiger partial charge in [0.1, 0.15) is 5.75 Å². The first-order valence-electron chi connectivity index (χ1n) is 6.05. The Kier molecular flexibility index (Phi) is 5.19. The number of phenolic OH excluding ortho intramolecular Hbond substituents is 1. The highest BCUT2D eigenvalue weighted by Gasteiger charge is 2.12. The lowest BCUT2D eigenvalue weighted by molar-refractivity contribution is 0.471. The molecule has 17 heavy (non-hydrogen) atoms. The minimum Gasteiger partial charge on any atom is -0.507 e. The van der Waals surface area contributed by atoms with Gasteiger partial charge in [-0.25, -0.2) is 0 Å². The van der Waals surface area contributed by atoms with E-state index >= 15 is 0 Å². The first-order valence-corrected chi connectivity index (χ1v) is 7.89. The van der Waals surface area contributed by atoms with Crippen molar-refractivity contribution in [3.05, 3.63) is 28.2 Å². The fourth-order valence-corrected chi connectivity index (χ4v) is 3.71. The van der Waals surface area contributed by atoms with Gasteiger partial charge in [-0.3, -0.25) is 0 Å². The van der Waals surface area contributed by atoms with Crippen LogP contribution in [0.1, 0.15) is 24.8 Å². The second-order valence-corrected chi connectivity index (χ2v) is 6.67. The summed E-state index contributed by atoms with van der Waals surface area (Å²) in [5.74, 6) is 1.62. The first-order chi connectivity index (χ1) is 8.25. The highest BCUT2D eigenvalue weighted by atomic mass is 79.9. The van der Waals surface area contributed by atoms with E-state index in [2.05, 4.69) is 33.0 Å². The number of hydrogen-bond acceptors (Lipinski definition) is 3. The Morgan fingerprint density at radius 1 is 1.41 bits per heavy atom. The van der Waals surface area contributed by atoms with Crippen molar-refractivity contribution in [1.29, 1.82) is 0 Å². The highest BCUT2D eigenvalue weighted by molar-refractivity contribution is 9.10. The number of thioether (sulfide) groups is 1. The largest absolute Gasteiger partial charge is 0.507 e. The molecule has 4 heteroatoms. The topological polar surface area (TPSA) is 32.3 Å². The molecule has 0 aromatic heterocycles. The highest BCUT2D eigenvalue weighted by Crippen LogP contribution is 2.25. The van der Waals surface area contributed by atoms with Crippen molar-refractivity contribution in [2.75, 3.05) is 12.3 Å². The smallest absolute Gasteiger partial charge is 0.129 e. The van der Waals surface area contributed by atoms with Crippen LogP contribution < -0.4 is 5.32 Å². The zero-order chi connectivity index (χ0) is 12.1. The minimum absolute atomic E-state index is 0.302. The van der Waals surface area contributed by atoms with E-state index in [-0.39, 0.29) is 0 Å². The molecule has 1 unspecified atom stereocenters. The predicted molar refractivity (Wildman–Crippen MR) is 77.6 cm³/mol. The molecule has 2 nitrogen and oxygen atoms in total. The fourth-order valence-electron chi connectivity index (χ4n) is 2.01. The number of benzene rings is 1. The lowest BCUT2D eigenvalue weighted by Gasteiger charge is -2.21. The van der Waals surface area contributed by atoms with Gasteiger partial charge in [0.05, 0.1) is 4.47 Å². The Balaban J connectivity index is 1.75. The second-order valence-electron chi connectivity index (χ2n) is 4.41. The molecule has 1 heterocycles. The van der Waals surface area contributed by atoms with Crippen LogP contribution in [0.15, 0.2) is 22.7 Å². The average molecular weight is 316 g/mol. The SMILES string of the molecule is Oc1ccc(CNCC2CCCCS2)cc1Br. The summed E-state index contributed by atoms with van der Waals surface area (Å²) in [7, 11) is 0. The molecule has 0 amide bonds. The van der Waals surface area contributed by atoms with Crippen molar-refractivity contribution in [3.63, 3.8) is 0 Å². The number of rotatable bonds is 4. The van der Waals surface area contributed by atoms with Gasteiger partial charge in [0.15, 0.2) is 0 Å². The average Bonchev–Trinajstić information content (AvgIpc) is 2.35. The maximum absolute atomic E-state index is 9.40. The molecule has 1 aliphatic rings. The predicted octanol–water partition coefficient (Wildman–Crippen LogP) is 3.53. The van der Waals surface area contributed by atoms with Crippen LogP contribution in [0.4, 0.5) is 0 Å². The maximum atomic E-state index is 9.40. The Bertz CT molecular complexity index is 366. The molecule has 0 saturated carbocycles. The van der Waals surface area contributed by atoms with Crippen molar-refractivity contribution < 1.29 is 5.11 Å². The normalized spacial score (nSPS) is 20.4. The molecule has 0 bridgehead atoms. The fraction of sp³-hybridized carbons (Fsp3) is 0.538. The van der Waals surface area contributed by atoms with E-state index in [9.17, 15) is 5.11 Å². The van der Waals surface area contributed by atoms with Crippen LogP contribution in [0.2, 0.25) is 0 Å². The van der Waals surface area contributed by atoms with Crippen molar-refractivity contribution in [2.24, 2.45) is 0 Å². The molecule has 0 aliphatic carbocycles. The van der Waals surface area contributed by atoms with Crippen LogP contribution in [-0.2, 0) is 6.54 Å². The monoisotopic (exact) mass is 315 g/mol. The van der Waals surface area contributed by atoms with Gasteiger partial charge in [-0.05, 0) is 52.2 Å². The third kappa shape index (κ3) is 4.19. The van der Waals surface area contributed by atoms with Gasteiger partial charge in [-0.2, -0.15) is 11.8 Å². The van der Waals surface area contributed by atoms with Crippen molar-refractivity contribution in [3.8, 4) is 5.75 Å². The van der Waals surface area contributed by atoms with E-state index in [1.165, 1.54) is 30.6 Å². The summed E-state index contributed by atoms with van der Waals surface area (Å²) >= 11 is 5.42. The van der Waals surface area contributed by atoms with E-state index in [0.717, 1.165) is 22.8 Å². The molecule has 1 atom stereocenters. The summed E-state index contributed by atoms with van der Waals surface area (Å²) in [6.07, 6.45) is 4.10. The summed E-state index contributed by atoms with van der Waals surface area (Å²) < 4.78 is 0.767. The van der Waals surface area contributed by atoms with Gasteiger partial charge < -0.3 is 10.4 Å². The van der Waals surface area contributed by atoms with Crippen LogP contribution in [0, 0.1) is 0 Å². The van der Waals surface area contributed by atoms with Gasteiger partial charge in [0, 0.05) is 18.3 Å². The second kappa shape index (κ2) is 6.66. The standard InChI is InChI=1S/C13H18BrNOS/c14-12-7-10(4-5-13(12)16)8-15-9-11-3-1-2-6-17-11/h4-5,7,11,15-16H,1-3,6,8-9H2. The van der Waals surface area contributed by atoms with E-state index in [0.29, 0.717) is 5.75 Å². The van der Waals surface area contributed by atoms with Crippen LogP contribution in [0.3, 0.4) is 0 Å². The van der Waals surface area contributed by atoms with Gasteiger partial charge in [-0.15, -0.1) is 0 Å². The Morgan fingerprint density at radius 3 is 3.00 bits per heavy atom. The van der Waals surface area contributed by atoms with E-state index in [4.69, 9.17) is 0 Å². The molecule has 2 N–H and O–H groups in total. The van der Waals surface area contributed by atoms with Crippen LogP contribution >= 0.6 is 27.7 Å². The minimum atomic E-state index is 0.302. The molecule has 1 saturated heterocycles. The molecule has 1 aromatic rings. The number of aromatic hydroxyl groups is 1. The number of nitrogens with one attached hydrogen (secondary N) is 1. The Morgan fingerprint density at radius 2 is 2.29 bits per heavy atom. The van der Waals surface area contributed by atoms with Crippen LogP contribution in [-0.4, -0.2) is 22.7 Å². The Hall–Kier alpha value is -0.190. The zero-order valence-corrected chi connectivity index (χ0v) is 12.2. The molecular weight excluding hydrogens is 298 g/mol. The summed E-state index contributed by atoms with van der Waals surface area (Å²) in [5.41, 5.74) is 1.20. The summed E-state index contributed by atoms with van der Waals surface area (Å²) in [5, 5.41) is 13.7. The van der Waals surface area contributed by atoms with Crippen LogP contribution in [0.25, 0.3) is 0 Å².